The molecule has 0 aliphatic carbocycles. The van der Waals surface area contributed by atoms with Gasteiger partial charge in [0.2, 0.25) is 0 Å². The van der Waals surface area contributed by atoms with Crippen LogP contribution < -0.4 is 15.4 Å². The van der Waals surface area contributed by atoms with Crippen molar-refractivity contribution in [2.45, 2.75) is 0 Å². The summed E-state index contributed by atoms with van der Waals surface area (Å²) in [5.74, 6) is 0.683. The van der Waals surface area contributed by atoms with Crippen molar-refractivity contribution in [3.8, 4) is 5.75 Å². The molecule has 0 saturated carbocycles. The van der Waals surface area contributed by atoms with Crippen LogP contribution >= 0.6 is 15.9 Å². The Labute approximate surface area is 125 Å². The fourth-order valence-electron chi connectivity index (χ4n) is 2.20. The van der Waals surface area contributed by atoms with E-state index >= 15 is 0 Å². The van der Waals surface area contributed by atoms with E-state index in [0.717, 1.165) is 15.9 Å². The van der Waals surface area contributed by atoms with Crippen LogP contribution in [0.15, 0.2) is 46.9 Å². The predicted octanol–water partition coefficient (Wildman–Crippen LogP) is 3.07. The molecule has 20 heavy (non-hydrogen) atoms. The van der Waals surface area contributed by atoms with E-state index < -0.39 is 0 Å². The number of ether oxygens (including phenoxy) is 1. The van der Waals surface area contributed by atoms with Crippen molar-refractivity contribution in [3.63, 3.8) is 0 Å². The third-order valence-electron chi connectivity index (χ3n) is 3.22. The Hall–Kier alpha value is -2.01. The average molecular weight is 333 g/mol. The molecule has 1 amide bonds. The lowest BCUT2D eigenvalue weighted by Gasteiger charge is -2.29. The van der Waals surface area contributed by atoms with Crippen LogP contribution in [0.3, 0.4) is 0 Å². The molecule has 0 bridgehead atoms. The summed E-state index contributed by atoms with van der Waals surface area (Å²) in [5.41, 5.74) is 7.77. The lowest BCUT2D eigenvalue weighted by molar-refractivity contribution is 0.0976. The van der Waals surface area contributed by atoms with Crippen LogP contribution in [0.2, 0.25) is 0 Å². The fourth-order valence-corrected chi connectivity index (χ4v) is 2.58. The van der Waals surface area contributed by atoms with Gasteiger partial charge in [0.15, 0.2) is 0 Å². The van der Waals surface area contributed by atoms with E-state index in [0.29, 0.717) is 24.4 Å². The zero-order valence-corrected chi connectivity index (χ0v) is 12.3. The first-order valence-corrected chi connectivity index (χ1v) is 7.05. The zero-order chi connectivity index (χ0) is 14.1. The van der Waals surface area contributed by atoms with Crippen LogP contribution in [0.1, 0.15) is 10.4 Å². The topological polar surface area (TPSA) is 55.6 Å². The maximum atomic E-state index is 12.6. The van der Waals surface area contributed by atoms with Gasteiger partial charge in [-0.2, -0.15) is 0 Å². The van der Waals surface area contributed by atoms with E-state index in [1.165, 1.54) is 0 Å². The Morgan fingerprint density at radius 2 is 2.05 bits per heavy atom. The predicted molar refractivity (Wildman–Crippen MR) is 82.2 cm³/mol. The number of fused-ring (bicyclic) bond motifs is 1. The molecule has 5 heteroatoms. The van der Waals surface area contributed by atoms with Crippen LogP contribution in [0.25, 0.3) is 0 Å². The highest BCUT2D eigenvalue weighted by Crippen LogP contribution is 2.32. The van der Waals surface area contributed by atoms with E-state index in [9.17, 15) is 4.79 Å². The Morgan fingerprint density at radius 1 is 1.25 bits per heavy atom. The fraction of sp³-hybridized carbons (Fsp3) is 0.133. The number of nitrogen functional groups attached to an aromatic ring is 1. The lowest BCUT2D eigenvalue weighted by Crippen LogP contribution is -2.37. The standard InChI is InChI=1S/C15H13BrN2O2/c16-11-9-10(5-6-12(11)17)15(19)18-7-8-20-14-4-2-1-3-13(14)18/h1-6,9H,7-8,17H2. The number of carbonyl (C=O) groups is 1. The van der Waals surface area contributed by atoms with Gasteiger partial charge in [0.05, 0.1) is 12.2 Å². The van der Waals surface area contributed by atoms with Gasteiger partial charge in [0, 0.05) is 15.7 Å². The number of amides is 1. The third kappa shape index (κ3) is 2.25. The van der Waals surface area contributed by atoms with Crippen molar-refractivity contribution < 1.29 is 9.53 Å². The van der Waals surface area contributed by atoms with Crippen LogP contribution in [-0.2, 0) is 0 Å². The number of anilines is 2. The Balaban J connectivity index is 1.97. The molecule has 1 heterocycles. The number of nitrogens with zero attached hydrogens (tertiary/aromatic N) is 1. The first-order chi connectivity index (χ1) is 9.66. The highest BCUT2D eigenvalue weighted by molar-refractivity contribution is 9.10. The summed E-state index contributed by atoms with van der Waals surface area (Å²) in [4.78, 5) is 14.4. The van der Waals surface area contributed by atoms with Crippen LogP contribution in [-0.4, -0.2) is 19.1 Å². The van der Waals surface area contributed by atoms with Crippen LogP contribution in [0, 0.1) is 0 Å². The Morgan fingerprint density at radius 3 is 2.85 bits per heavy atom. The molecule has 0 fully saturated rings. The van der Waals surface area contributed by atoms with Gasteiger partial charge in [-0.25, -0.2) is 0 Å². The van der Waals surface area contributed by atoms with Gasteiger partial charge in [-0.1, -0.05) is 12.1 Å². The molecule has 0 aromatic heterocycles. The highest BCUT2D eigenvalue weighted by Gasteiger charge is 2.24. The zero-order valence-electron chi connectivity index (χ0n) is 10.7. The maximum absolute atomic E-state index is 12.6. The van der Waals surface area contributed by atoms with Crippen molar-refractivity contribution in [2.24, 2.45) is 0 Å². The third-order valence-corrected chi connectivity index (χ3v) is 3.91. The quantitative estimate of drug-likeness (QED) is 0.816. The highest BCUT2D eigenvalue weighted by atomic mass is 79.9. The number of hydrogen-bond donors (Lipinski definition) is 1. The second-order valence-corrected chi connectivity index (χ2v) is 5.36. The first-order valence-electron chi connectivity index (χ1n) is 6.25. The minimum absolute atomic E-state index is 0.0542. The molecule has 0 spiro atoms. The van der Waals surface area contributed by atoms with E-state index in [-0.39, 0.29) is 5.91 Å². The van der Waals surface area contributed by atoms with Crippen molar-refractivity contribution in [3.05, 3.63) is 52.5 Å². The average Bonchev–Trinajstić information content (AvgIpc) is 2.49. The van der Waals surface area contributed by atoms with Crippen molar-refractivity contribution in [1.82, 2.24) is 0 Å². The van der Waals surface area contributed by atoms with E-state index in [1.54, 1.807) is 23.1 Å². The molecule has 2 N–H and O–H groups in total. The number of rotatable bonds is 1. The molecule has 1 aliphatic rings. The molecule has 0 atom stereocenters. The van der Waals surface area contributed by atoms with Gasteiger partial charge >= 0.3 is 0 Å². The normalized spacial score (nSPS) is 13.6. The number of benzene rings is 2. The maximum Gasteiger partial charge on any atom is 0.258 e. The van der Waals surface area contributed by atoms with Crippen molar-refractivity contribution in [1.29, 1.82) is 0 Å². The molecule has 4 nitrogen and oxygen atoms in total. The van der Waals surface area contributed by atoms with Crippen LogP contribution in [0.5, 0.6) is 5.75 Å². The minimum Gasteiger partial charge on any atom is -0.490 e. The smallest absolute Gasteiger partial charge is 0.258 e. The molecule has 2 aromatic rings. The molecule has 2 aromatic carbocycles. The first kappa shape index (κ1) is 13.0. The second kappa shape index (κ2) is 5.17. The molecular weight excluding hydrogens is 320 g/mol. The number of carbonyl (C=O) groups excluding carboxylic acids is 1. The summed E-state index contributed by atoms with van der Waals surface area (Å²) in [5, 5.41) is 0. The molecule has 3 rings (SSSR count). The minimum atomic E-state index is -0.0542. The molecule has 0 saturated heterocycles. The molecule has 0 radical (unpaired) electrons. The van der Waals surface area contributed by atoms with Gasteiger partial charge in [0.1, 0.15) is 12.4 Å². The molecule has 0 unspecified atom stereocenters. The van der Waals surface area contributed by atoms with E-state index in [1.807, 2.05) is 24.3 Å². The molecule has 102 valence electrons. The second-order valence-electron chi connectivity index (χ2n) is 4.51. The monoisotopic (exact) mass is 332 g/mol. The van der Waals surface area contributed by atoms with Crippen LogP contribution in [0.4, 0.5) is 11.4 Å². The Kier molecular flexibility index (Phi) is 3.36. The van der Waals surface area contributed by atoms with Gasteiger partial charge in [-0.3, -0.25) is 4.79 Å². The summed E-state index contributed by atoms with van der Waals surface area (Å²) in [6.45, 7) is 1.04. The summed E-state index contributed by atoms with van der Waals surface area (Å²) in [6.07, 6.45) is 0. The van der Waals surface area contributed by atoms with Crippen molar-refractivity contribution >= 4 is 33.2 Å². The summed E-state index contributed by atoms with van der Waals surface area (Å²) < 4.78 is 6.29. The molecular formula is C15H13BrN2O2. The van der Waals surface area contributed by atoms with Gasteiger partial charge < -0.3 is 15.4 Å². The van der Waals surface area contributed by atoms with Gasteiger partial charge in [-0.15, -0.1) is 0 Å². The number of halogens is 1. The summed E-state index contributed by atoms with van der Waals surface area (Å²) >= 11 is 3.35. The van der Waals surface area contributed by atoms with Crippen molar-refractivity contribution in [2.75, 3.05) is 23.8 Å². The SMILES string of the molecule is Nc1ccc(C(=O)N2CCOc3ccccc32)cc1Br. The van der Waals surface area contributed by atoms with Gasteiger partial charge in [0.25, 0.3) is 5.91 Å². The van der Waals surface area contributed by atoms with E-state index in [2.05, 4.69) is 15.9 Å². The molecule has 1 aliphatic heterocycles. The lowest BCUT2D eigenvalue weighted by atomic mass is 10.1. The number of para-hydroxylation sites is 2. The van der Waals surface area contributed by atoms with E-state index in [4.69, 9.17) is 10.5 Å². The number of hydrogen-bond acceptors (Lipinski definition) is 3. The number of nitrogens with two attached hydrogens (primary N) is 1. The largest absolute Gasteiger partial charge is 0.490 e. The van der Waals surface area contributed by atoms with Gasteiger partial charge in [-0.05, 0) is 46.3 Å². The summed E-state index contributed by atoms with van der Waals surface area (Å²) in [7, 11) is 0. The Bertz CT molecular complexity index is 673. The summed E-state index contributed by atoms with van der Waals surface area (Å²) in [6, 6.07) is 12.8.